The molecule has 0 aromatic heterocycles. The van der Waals surface area contributed by atoms with E-state index in [-0.39, 0.29) is 52.8 Å². The molecule has 21 atom stereocenters. The Labute approximate surface area is 677 Å². The second kappa shape index (κ2) is 72.6. The smallest absolute Gasteiger partial charge is 1.00 e. The molecule has 21 unspecified atom stereocenters. The number of rotatable bonds is 54. The molecule has 100 heavy (non-hydrogen) atoms. The van der Waals surface area contributed by atoms with E-state index in [0.29, 0.717) is 11.8 Å². The fourth-order valence-electron chi connectivity index (χ4n) is 13.0. The zero-order valence-electron chi connectivity index (χ0n) is 73.9. The van der Waals surface area contributed by atoms with Gasteiger partial charge in [0, 0.05) is 0 Å². The summed E-state index contributed by atoms with van der Waals surface area (Å²) in [6, 6.07) is 0. The molecular weight excluding hydrogens is 1230 g/mol. The molecule has 0 amide bonds. The van der Waals surface area contributed by atoms with Crippen LogP contribution < -0.4 is 51.4 Å². The molecule has 0 nitrogen and oxygen atoms in total. The van der Waals surface area contributed by atoms with Crippen molar-refractivity contribution in [2.75, 3.05) is 0 Å². The van der Waals surface area contributed by atoms with Crippen LogP contribution in [0.4, 0.5) is 0 Å². The van der Waals surface area contributed by atoms with E-state index in [1.807, 2.05) is 36.5 Å². The van der Waals surface area contributed by atoms with Crippen molar-refractivity contribution < 1.29 is 52.8 Å². The quantitative estimate of drug-likeness (QED) is 0.0323. The molecule has 0 saturated heterocycles. The second-order valence-corrected chi connectivity index (χ2v) is 33.3. The van der Waals surface area contributed by atoms with E-state index in [0.717, 1.165) is 182 Å². The van der Waals surface area contributed by atoms with Gasteiger partial charge >= 0.3 is 51.4 Å². The van der Waals surface area contributed by atoms with E-state index in [1.165, 1.54) is 83.5 Å². The first-order valence-electron chi connectivity index (χ1n) is 41.6. The van der Waals surface area contributed by atoms with Crippen LogP contribution in [-0.2, 0) is 0 Å². The average Bonchev–Trinajstić information content (AvgIpc) is 1.10. The minimum Gasteiger partial charge on any atom is -1.00 e. The van der Waals surface area contributed by atoms with E-state index < -0.39 is 0 Å². The van der Waals surface area contributed by atoms with Crippen LogP contribution in [0.25, 0.3) is 0 Å². The number of hydrogen-bond acceptors (Lipinski definition) is 0. The Morgan fingerprint density at radius 2 is 0.400 bits per heavy atom. The topological polar surface area (TPSA) is 0 Å². The van der Waals surface area contributed by atoms with Gasteiger partial charge in [-0.1, -0.05) is 308 Å². The summed E-state index contributed by atoms with van der Waals surface area (Å²) in [5.41, 5.74) is 0. The summed E-state index contributed by atoms with van der Waals surface area (Å²) in [4.78, 5) is 0. The largest absolute Gasteiger partial charge is 1.00 e. The summed E-state index contributed by atoms with van der Waals surface area (Å²) in [5, 5.41) is 0. The summed E-state index contributed by atoms with van der Waals surface area (Å²) >= 11 is 0. The van der Waals surface area contributed by atoms with Crippen molar-refractivity contribution in [3.8, 4) is 0 Å². The third-order valence-electron chi connectivity index (χ3n) is 24.9. The molecule has 0 spiro atoms. The van der Waals surface area contributed by atoms with Crippen LogP contribution >= 0.6 is 0 Å². The Bertz CT molecular complexity index is 2020. The first kappa shape index (κ1) is 109. The van der Waals surface area contributed by atoms with Crippen molar-refractivity contribution in [3.05, 3.63) is 174 Å². The van der Waals surface area contributed by atoms with Gasteiger partial charge in [-0.3, -0.25) is 0 Å². The van der Waals surface area contributed by atoms with Gasteiger partial charge < -0.3 is 1.43 Å². The molecule has 0 rings (SSSR count). The normalized spacial score (nSPS) is 18.7. The molecule has 578 valence electrons. The van der Waals surface area contributed by atoms with Crippen LogP contribution in [-0.4, -0.2) is 0 Å². The second-order valence-electron chi connectivity index (χ2n) is 33.3. The van der Waals surface area contributed by atoms with E-state index in [4.69, 9.17) is 0 Å². The van der Waals surface area contributed by atoms with Crippen molar-refractivity contribution >= 4 is 0 Å². The molecule has 0 aliphatic heterocycles. The molecule has 0 aromatic rings. The monoisotopic (exact) mass is 1410 g/mol. The summed E-state index contributed by atoms with van der Waals surface area (Å²) in [6.07, 6.45) is 69.9. The Morgan fingerprint density at radius 3 is 0.610 bits per heavy atom. The van der Waals surface area contributed by atoms with Crippen LogP contribution in [0.3, 0.4) is 0 Å². The van der Waals surface area contributed by atoms with Crippen LogP contribution in [0.5, 0.6) is 0 Å². The molecule has 0 fully saturated rings. The zero-order valence-corrected chi connectivity index (χ0v) is 76.0. The Hall–Kier alpha value is -2.00. The predicted molar refractivity (Wildman–Crippen MR) is 466 cm³/mol. The molecule has 0 bridgehead atoms. The van der Waals surface area contributed by atoms with Crippen LogP contribution in [0.2, 0.25) is 0 Å². The van der Waals surface area contributed by atoms with E-state index in [2.05, 4.69) is 318 Å². The summed E-state index contributed by atoms with van der Waals surface area (Å²) in [7, 11) is 0. The predicted octanol–water partition coefficient (Wildman–Crippen LogP) is 30.4. The fraction of sp³-hybridized carbons (Fsp3) is 0.717. The van der Waals surface area contributed by atoms with Gasteiger partial charge in [-0.05, 0) is 270 Å². The van der Waals surface area contributed by atoms with Crippen molar-refractivity contribution in [1.29, 1.82) is 0 Å². The van der Waals surface area contributed by atoms with E-state index >= 15 is 0 Å². The van der Waals surface area contributed by atoms with Gasteiger partial charge in [0.15, 0.2) is 0 Å². The van der Waals surface area contributed by atoms with Gasteiger partial charge in [-0.15, -0.1) is 52.6 Å². The number of unbranched alkanes of at least 4 members (excludes halogenated alkanes) is 5. The maximum Gasteiger partial charge on any atom is 1.00 e. The molecule has 0 heterocycles. The Kier molecular flexibility index (Phi) is 79.0. The summed E-state index contributed by atoms with van der Waals surface area (Å²) in [5.74, 6) is 18.0. The molecular formula is C99H181K. The summed E-state index contributed by atoms with van der Waals surface area (Å²) in [6.45, 7) is 91.6. The maximum atomic E-state index is 3.90. The van der Waals surface area contributed by atoms with Gasteiger partial charge in [0.1, 0.15) is 0 Å². The number of hydrogen-bond donors (Lipinski definition) is 0. The van der Waals surface area contributed by atoms with Gasteiger partial charge in [0.05, 0.1) is 0 Å². The molecule has 0 radical (unpaired) electrons. The van der Waals surface area contributed by atoms with E-state index in [1.54, 1.807) is 0 Å². The Morgan fingerprint density at radius 1 is 0.210 bits per heavy atom. The molecule has 0 saturated carbocycles. The molecule has 0 aromatic carbocycles. The minimum absolute atomic E-state index is 0. The van der Waals surface area contributed by atoms with Crippen molar-refractivity contribution in [1.82, 2.24) is 0 Å². The Balaban J connectivity index is -0.000000247. The fourth-order valence-corrected chi connectivity index (χ4v) is 13.0. The van der Waals surface area contributed by atoms with Crippen molar-refractivity contribution in [2.45, 2.75) is 315 Å². The summed E-state index contributed by atoms with van der Waals surface area (Å²) < 4.78 is 0. The molecule has 0 N–H and O–H groups in total. The van der Waals surface area contributed by atoms with Crippen molar-refractivity contribution in [3.63, 3.8) is 0 Å². The first-order valence-corrected chi connectivity index (χ1v) is 41.6. The van der Waals surface area contributed by atoms with Gasteiger partial charge in [0.25, 0.3) is 0 Å². The first-order chi connectivity index (χ1) is 46.8. The van der Waals surface area contributed by atoms with Gasteiger partial charge in [0.2, 0.25) is 0 Å². The van der Waals surface area contributed by atoms with Crippen LogP contribution in [0.1, 0.15) is 316 Å². The zero-order chi connectivity index (χ0) is 76.8. The molecule has 0 aliphatic carbocycles. The molecule has 0 aliphatic rings. The third-order valence-corrected chi connectivity index (χ3v) is 24.9. The average molecular weight is 1410 g/mol. The van der Waals surface area contributed by atoms with Gasteiger partial charge in [-0.2, -0.15) is 0 Å². The SMILES string of the molecule is C=CCC(C)C(C)C(C)C/C=C/CC(C)C(C)C(C)C/C=C/CC(C)C(C)C(C)CC.C=CCC(C)C(C)C(C)C/C=C/CCC/C=C/C(C)C(C)C(C)C/C=C/CCC/C=C/C(C)C(C)C(C)C.C=CCC(C)C(C)C(C)CC=C.C=CCC(C)C(C)C(C)CC=C.C=CCCC=C.[H-].[K+]. The minimum atomic E-state index is 0. The van der Waals surface area contributed by atoms with Crippen molar-refractivity contribution in [2.24, 2.45) is 142 Å². The van der Waals surface area contributed by atoms with Crippen LogP contribution in [0.15, 0.2) is 174 Å². The maximum absolute atomic E-state index is 3.90. The number of allylic oxidation sites excluding steroid dienone is 20. The van der Waals surface area contributed by atoms with E-state index in [9.17, 15) is 0 Å². The third kappa shape index (κ3) is 59.2. The van der Waals surface area contributed by atoms with Crippen LogP contribution in [0, 0.1) is 142 Å². The van der Waals surface area contributed by atoms with Gasteiger partial charge in [-0.25, -0.2) is 0 Å². The molecule has 1 heteroatoms. The standard InChI is InChI=1S/C38H68.C31H58.2C12H22.C6H10.K.H/c1-12-25-31(4)37(10)33(6)27-22-18-15-16-20-24-29-35(8)38(11)34(7)28-23-19-14-13-17-21-26-32(5)36(9)30(2)3;1-12-18-24(4)30(10)26(6)20-16-17-22-28(8)31(11)27(7)21-15-14-19-25(5)29(9)23(3)13-2;2*1-6-8-10(3)12(5)11(4)9-7-2;1-3-5-6-4-2;;/h12,18-19,21-24,26,29-38H,1,13-17,20,25,27-28H2,2-11H3;12,14-17,23-31H,1,13,18-22H2,2-11H3;2*6-7,10-12H,1-2,8-9H2,3-5H3;3-4H,1-2,5-6H2;;/q;;;;;+1;-1/b22-18+,23-19+,26-21+,29-24+;15-14+,17-16+;;;;;.